The van der Waals surface area contributed by atoms with Gasteiger partial charge in [-0.25, -0.2) is 24.0 Å². The van der Waals surface area contributed by atoms with Crippen molar-refractivity contribution < 1.29 is 159 Å². The van der Waals surface area contributed by atoms with Crippen molar-refractivity contribution in [3.05, 3.63) is 51.8 Å². The molecule has 8 atom stereocenters. The van der Waals surface area contributed by atoms with Crippen LogP contribution in [-0.2, 0) is 117 Å². The van der Waals surface area contributed by atoms with E-state index in [0.29, 0.717) is 69.6 Å². The van der Waals surface area contributed by atoms with Gasteiger partial charge in [-0.1, -0.05) is 142 Å². The molecule has 35 nitrogen and oxygen atoms in total. The first-order valence-corrected chi connectivity index (χ1v) is 57.2. The molecule has 13 aliphatic rings. The zero-order valence-electron chi connectivity index (χ0n) is 87.0. The number of carbonyl (C=O) groups excluding carboxylic acids is 13. The van der Waals surface area contributed by atoms with E-state index in [1.54, 1.807) is 49.6 Å². The van der Waals surface area contributed by atoms with Gasteiger partial charge in [0.05, 0.1) is 27.8 Å². The van der Waals surface area contributed by atoms with Crippen LogP contribution in [0.4, 0.5) is 4.79 Å². The van der Waals surface area contributed by atoms with Gasteiger partial charge >= 0.3 is 77.6 Å². The average molecular weight is 2120 g/mol. The van der Waals surface area contributed by atoms with Crippen molar-refractivity contribution >= 4 is 134 Å². The zero-order chi connectivity index (χ0) is 105. The fourth-order valence-corrected chi connectivity index (χ4v) is 18.2. The van der Waals surface area contributed by atoms with Crippen molar-refractivity contribution in [3.8, 4) is 0 Å². The molecule has 2 spiro atoms. The number of benzene rings is 1. The Balaban J connectivity index is 0.00000148. The van der Waals surface area contributed by atoms with E-state index in [9.17, 15) is 62.6 Å². The van der Waals surface area contributed by atoms with Crippen LogP contribution in [0.1, 0.15) is 266 Å². The minimum Gasteiger partial charge on any atom is -0.553 e. The number of hydrogen-bond acceptors (Lipinski definition) is 29. The smallest absolute Gasteiger partial charge is 0.553 e. The Labute approximate surface area is 851 Å². The molecule has 12 fully saturated rings. The Kier molecular flexibility index (Phi) is 52.7. The summed E-state index contributed by atoms with van der Waals surface area (Å²) in [7, 11) is 1.14. The first-order valence-electron chi connectivity index (χ1n) is 46.3. The summed E-state index contributed by atoms with van der Waals surface area (Å²) >= 11 is 11.4. The quantitative estimate of drug-likeness (QED) is 0.0282. The molecule has 0 bridgehead atoms. The molecule has 0 radical (unpaired) electrons. The summed E-state index contributed by atoms with van der Waals surface area (Å²) in [4.78, 5) is 159. The standard InChI is InChI=1S/C13H19ClN2O2.C12H19NO4.C12H26O2Si2.2C11H15NO3.C7H14O2.C6H11NO2.C6H15N.C6H10O3.C6H8O2.C4H8O.CO2.Br2.H2NO.Na/c1-13(2,3)18-12(17)16-8-9-4-5-11(14)6-10(9)7-15;1-11(2)7-12(11,16)10(15)13-6-4-5-8(13)9(14)17-3;1-12(2)9-10(13-15(3,4)5)11(12)14-16(6,7)8;2*1-10(2)6-11(10)9(14)12-5-3-4-7(12)8(13)15-11;1-7(2,3)5-6(8)9-4;1-9-6(8)5-3-2-4-7-5;1-4-7(5-2)6-3;1-5(2)3-6(5,9)4(7)8;1-6(2)3-4(7)5(6)8;1-2-4-5-3-1;2-1-3;2*1-2;/h4-6H,7-8,15H2,1-3H3,(H,16,17);8,16H,4-7H2,1-3H3;9H2,1-8H3;2*7H,3-6H2,1-2H3;5H2,1-4H3;5,7H,2-4H2,1H3;4-6H2,1-3H3;9H,3H2,1-2H3,(H,7,8);3H2,1-2H3;1-4H2;;;1-2H;/q;;;;;;;;;;;;;-1;+1/t;8-,12-;;2*7-,11+;;5-;;;;;;;;/m.0.00.0......../s1. The van der Waals surface area contributed by atoms with Crippen LogP contribution in [0.2, 0.25) is 44.3 Å². The van der Waals surface area contributed by atoms with Gasteiger partial charge in [-0.3, -0.25) is 33.6 Å². The number of fused-ring (bicyclic) bond motifs is 2. The third-order valence-corrected chi connectivity index (χ3v) is 26.7. The number of aliphatic hydroxyl groups is 2. The number of carbonyl (C=O) groups is 12. The molecule has 774 valence electrons. The number of hydrogen-bond donors (Lipinski definition) is 7. The largest absolute Gasteiger partial charge is 1.00 e. The number of Topliss-reactive ketones (excluding diaryl/α,β-unsaturated/α-hetero) is 2. The summed E-state index contributed by atoms with van der Waals surface area (Å²) in [5.41, 5.74) is 1.37. The number of alkyl carbamates (subject to hydrolysis) is 1. The first kappa shape index (κ1) is 130. The number of nitrogens with one attached hydrogen (secondary N) is 3. The van der Waals surface area contributed by atoms with Crippen LogP contribution in [0.3, 0.4) is 0 Å². The predicted octanol–water partition coefficient (Wildman–Crippen LogP) is 11.8. The Hall–Kier alpha value is -5.86. The molecular formula is C95H162Br2ClN8NaO27Si2. The number of aliphatic carboxylic acids is 1. The minimum atomic E-state index is -1.52. The Morgan fingerprint density at radius 3 is 1.34 bits per heavy atom. The van der Waals surface area contributed by atoms with Crippen molar-refractivity contribution in [2.75, 3.05) is 80.4 Å². The number of morpholine rings is 2. The monoisotopic (exact) mass is 2120 g/mol. The number of amides is 4. The molecule has 0 aromatic heterocycles. The van der Waals surface area contributed by atoms with E-state index in [-0.39, 0.29) is 139 Å². The zero-order valence-corrected chi connectivity index (χ0v) is 94.9. The molecule has 5 saturated carbocycles. The fraction of sp³-hybridized carbons (Fsp3) is 0.779. The summed E-state index contributed by atoms with van der Waals surface area (Å²) in [6.45, 7) is 63.7. The van der Waals surface area contributed by atoms with Gasteiger partial charge in [-0.15, -0.1) is 0 Å². The van der Waals surface area contributed by atoms with Crippen LogP contribution < -0.4 is 45.9 Å². The van der Waals surface area contributed by atoms with Gasteiger partial charge in [0.1, 0.15) is 46.9 Å². The molecule has 1 aromatic carbocycles. The van der Waals surface area contributed by atoms with Crippen LogP contribution in [0.5, 0.6) is 0 Å². The van der Waals surface area contributed by atoms with Gasteiger partial charge in [0, 0.05) is 137 Å². The van der Waals surface area contributed by atoms with Crippen LogP contribution in [0, 0.1) is 37.9 Å². The Bertz CT molecular complexity index is 4120. The van der Waals surface area contributed by atoms with E-state index in [2.05, 4.69) is 132 Å². The summed E-state index contributed by atoms with van der Waals surface area (Å²) in [6.07, 6.45) is 13.3. The number of carboxylic acid groups (broad SMARTS) is 1. The molecule has 6 aliphatic carbocycles. The van der Waals surface area contributed by atoms with E-state index < -0.39 is 74.1 Å². The number of ether oxygens (including phenoxy) is 7. The molecule has 4 amide bonds. The molecular weight excluding hydrogens is 1960 g/mol. The van der Waals surface area contributed by atoms with E-state index in [0.717, 1.165) is 107 Å². The molecule has 1 aromatic rings. The summed E-state index contributed by atoms with van der Waals surface area (Å²) in [5.74, 6) is 4.16. The van der Waals surface area contributed by atoms with E-state index in [1.165, 1.54) is 58.7 Å². The number of halogens is 3. The number of allylic oxidation sites excluding steroid dienone is 2. The number of nitrogens with zero attached hydrogens (tertiary/aromatic N) is 4. The molecule has 7 saturated heterocycles. The van der Waals surface area contributed by atoms with Gasteiger partial charge < -0.3 is 104 Å². The number of rotatable bonds is 15. The normalized spacial score (nSPS) is 25.4. The van der Waals surface area contributed by atoms with Gasteiger partial charge in [0.25, 0.3) is 17.7 Å². The van der Waals surface area contributed by atoms with Crippen molar-refractivity contribution in [2.45, 2.75) is 359 Å². The van der Waals surface area contributed by atoms with E-state index in [4.69, 9.17) is 76.0 Å². The topological polar surface area (TPSA) is 490 Å². The van der Waals surface area contributed by atoms with Gasteiger partial charge in [-0.2, -0.15) is 9.59 Å². The molecule has 136 heavy (non-hydrogen) atoms. The molecule has 41 heteroatoms. The maximum absolute atomic E-state index is 12.2. The average Bonchev–Trinajstić information content (AvgIpc) is 1.52. The molecule has 7 heterocycles. The number of ketones is 2. The van der Waals surface area contributed by atoms with Crippen molar-refractivity contribution in [1.82, 2.24) is 30.2 Å². The summed E-state index contributed by atoms with van der Waals surface area (Å²) in [6, 6.07) is 4.28. The van der Waals surface area contributed by atoms with Crippen LogP contribution in [0.25, 0.3) is 5.90 Å². The van der Waals surface area contributed by atoms with E-state index in [1.807, 2.05) is 89.2 Å². The second-order valence-corrected chi connectivity index (χ2v) is 52.6. The van der Waals surface area contributed by atoms with Crippen LogP contribution in [0.15, 0.2) is 29.7 Å². The fourth-order valence-electron chi connectivity index (χ4n) is 16.1. The maximum Gasteiger partial charge on any atom is 1.00 e. The molecule has 1 unspecified atom stereocenters. The van der Waals surface area contributed by atoms with Crippen LogP contribution >= 0.6 is 39.9 Å². The molecule has 7 aliphatic heterocycles. The Morgan fingerprint density at radius 1 is 0.625 bits per heavy atom. The number of methoxy groups -OCH3 is 3. The summed E-state index contributed by atoms with van der Waals surface area (Å²) < 4.78 is 46.8. The van der Waals surface area contributed by atoms with Gasteiger partial charge in [0.2, 0.25) is 22.4 Å². The first-order chi connectivity index (χ1) is 62.0. The number of carboxylic acids is 1. The van der Waals surface area contributed by atoms with Crippen LogP contribution in [-0.4, -0.2) is 267 Å². The molecule has 9 N–H and O–H groups in total. The maximum atomic E-state index is 12.2. The number of nitrogens with two attached hydrogens (primary N) is 1. The molecule has 14 rings (SSSR count). The second kappa shape index (κ2) is 55.1. The predicted molar refractivity (Wildman–Crippen MR) is 522 cm³/mol. The second-order valence-electron chi connectivity index (χ2n) is 43.3. The van der Waals surface area contributed by atoms with Gasteiger partial charge in [-0.05, 0) is 192 Å². The van der Waals surface area contributed by atoms with E-state index >= 15 is 0 Å². The van der Waals surface area contributed by atoms with Crippen molar-refractivity contribution in [1.29, 1.82) is 0 Å². The van der Waals surface area contributed by atoms with Gasteiger partial charge in [0.15, 0.2) is 22.6 Å². The van der Waals surface area contributed by atoms with Crippen molar-refractivity contribution in [2.24, 2.45) is 43.6 Å². The number of esters is 5. The van der Waals surface area contributed by atoms with Crippen molar-refractivity contribution in [3.63, 3.8) is 0 Å². The third-order valence-electron chi connectivity index (χ3n) is 24.8. The Morgan fingerprint density at radius 2 is 1.06 bits per heavy atom. The SMILES string of the molecule is BrBr.C1CCOC1.CC(C)(C)OC(=O)NCc1ccc(Cl)cc1CN.CC1(C)CC(=O)C1=O.CC1(C)CC(O[Si](C)(C)C)=C1O[Si](C)(C)C.CC1(C)CC1(O)C(=O)O.CC1(C)C[C@]12OC(=O)[C@@H]1CCCN1C2=O.CC1(C)C[C@]12OC(=O)[C@@H]1CCCN1C2=O.CCN(CC)CC.COC(=O)CC(C)(C)C.COC(=O)[C@@H]1CCCN1.COC(=O)[C@@H]1CCCN1C(=O)[C@@]1(O)CC1(C)C.O=C=O.[NH-]O.[Na+]. The number of likely N-dealkylation sites (tertiary alicyclic amines) is 1. The third kappa shape index (κ3) is 38.4. The summed E-state index contributed by atoms with van der Waals surface area (Å²) in [5, 5.41) is 40.4. The minimum absolute atomic E-state index is 0.